The fourth-order valence-electron chi connectivity index (χ4n) is 3.60. The quantitative estimate of drug-likeness (QED) is 0.411. The zero-order valence-electron chi connectivity index (χ0n) is 18.7. The maximum atomic E-state index is 13.1. The summed E-state index contributed by atoms with van der Waals surface area (Å²) in [5.74, 6) is 1.17. The molecule has 4 rings (SSSR count). The fourth-order valence-corrected chi connectivity index (χ4v) is 4.01. The number of aromatic nitrogens is 2. The second kappa shape index (κ2) is 9.25. The number of methoxy groups -OCH3 is 1. The molecule has 0 spiro atoms. The normalized spacial score (nSPS) is 14.7. The first kappa shape index (κ1) is 22.8. The van der Waals surface area contributed by atoms with E-state index in [2.05, 4.69) is 10.4 Å². The minimum absolute atomic E-state index is 0.235. The average Bonchev–Trinajstić information content (AvgIpc) is 3.25. The zero-order valence-corrected chi connectivity index (χ0v) is 20.3. The number of nitrogens with one attached hydrogen (secondary N) is 1. The van der Waals surface area contributed by atoms with Crippen LogP contribution in [0, 0.1) is 13.8 Å². The Balaban J connectivity index is 1.58. The van der Waals surface area contributed by atoms with Crippen molar-refractivity contribution >= 4 is 46.6 Å². The van der Waals surface area contributed by atoms with Crippen LogP contribution in [0.1, 0.15) is 22.4 Å². The van der Waals surface area contributed by atoms with E-state index in [4.69, 9.17) is 33.3 Å². The number of anilines is 1. The lowest BCUT2D eigenvalue weighted by molar-refractivity contribution is -0.113. The Hall–Kier alpha value is -3.36. The molecule has 1 aromatic heterocycles. The number of hydrogen-bond acceptors (Lipinski definition) is 5. The molecule has 3 aromatic rings. The number of halogens is 1. The number of rotatable bonds is 6. The topological polar surface area (TPSA) is 68.6 Å². The van der Waals surface area contributed by atoms with Gasteiger partial charge in [-0.05, 0) is 73.6 Å². The lowest BCUT2D eigenvalue weighted by atomic mass is 10.1. The molecule has 0 radical (unpaired) electrons. The summed E-state index contributed by atoms with van der Waals surface area (Å²) in [5.41, 5.74) is 4.35. The molecule has 7 nitrogen and oxygen atoms in total. The Bertz CT molecular complexity index is 1280. The van der Waals surface area contributed by atoms with Crippen molar-refractivity contribution in [3.05, 3.63) is 75.7 Å². The summed E-state index contributed by atoms with van der Waals surface area (Å²) in [6, 6.07) is 11.2. The van der Waals surface area contributed by atoms with E-state index in [1.54, 1.807) is 37.2 Å². The Kier molecular flexibility index (Phi) is 6.40. The van der Waals surface area contributed by atoms with Gasteiger partial charge in [-0.2, -0.15) is 5.10 Å². The van der Waals surface area contributed by atoms with Crippen molar-refractivity contribution in [2.75, 3.05) is 12.0 Å². The highest BCUT2D eigenvalue weighted by atomic mass is 35.5. The Morgan fingerprint density at radius 1 is 1.21 bits per heavy atom. The molecule has 1 aliphatic heterocycles. The molecule has 0 saturated carbocycles. The van der Waals surface area contributed by atoms with Crippen LogP contribution in [0.4, 0.5) is 5.69 Å². The van der Waals surface area contributed by atoms with Crippen molar-refractivity contribution in [1.29, 1.82) is 0 Å². The van der Waals surface area contributed by atoms with Gasteiger partial charge in [0.1, 0.15) is 23.8 Å². The lowest BCUT2D eigenvalue weighted by Crippen LogP contribution is -2.30. The molecular weight excluding hydrogens is 460 g/mol. The van der Waals surface area contributed by atoms with Crippen LogP contribution in [0.15, 0.2) is 48.3 Å². The van der Waals surface area contributed by atoms with E-state index >= 15 is 0 Å². The van der Waals surface area contributed by atoms with Gasteiger partial charge >= 0.3 is 0 Å². The lowest BCUT2D eigenvalue weighted by Gasteiger charge is -2.12. The van der Waals surface area contributed by atoms with Gasteiger partial charge in [0.2, 0.25) is 0 Å². The minimum atomic E-state index is -0.235. The molecule has 1 fully saturated rings. The van der Waals surface area contributed by atoms with Crippen LogP contribution < -0.4 is 19.7 Å². The maximum Gasteiger partial charge on any atom is 0.281 e. The van der Waals surface area contributed by atoms with Gasteiger partial charge in [0, 0.05) is 23.8 Å². The number of hydrogen-bond donors (Lipinski definition) is 1. The van der Waals surface area contributed by atoms with Gasteiger partial charge in [-0.15, -0.1) is 0 Å². The summed E-state index contributed by atoms with van der Waals surface area (Å²) in [6.45, 7) is 4.06. The molecule has 2 heterocycles. The van der Waals surface area contributed by atoms with E-state index in [0.717, 1.165) is 22.4 Å². The third-order valence-electron chi connectivity index (χ3n) is 5.25. The summed E-state index contributed by atoms with van der Waals surface area (Å²) in [6.07, 6.45) is 3.53. The van der Waals surface area contributed by atoms with E-state index in [9.17, 15) is 4.79 Å². The standard InChI is InChI=1S/C24H23ClN4O3S/c1-14-9-18(6-7-19(14)25)32-13-17-10-16(5-8-22(17)31-4)11-20-23(30)29(24(33)26-20)21-12-28(3)27-15(21)2/h5-12H,13H2,1-4H3,(H,26,33)/b20-11+. The second-order valence-electron chi connectivity index (χ2n) is 7.67. The number of amides is 1. The number of ether oxygens (including phenoxy) is 2. The fraction of sp³-hybridized carbons (Fsp3) is 0.208. The SMILES string of the molecule is COc1ccc(/C=C2/NC(=S)N(c3cn(C)nc3C)C2=O)cc1COc1ccc(Cl)c(C)c1. The third-order valence-corrected chi connectivity index (χ3v) is 5.95. The van der Waals surface area contributed by atoms with E-state index in [-0.39, 0.29) is 5.91 Å². The van der Waals surface area contributed by atoms with Gasteiger partial charge in [-0.1, -0.05) is 17.7 Å². The molecule has 9 heteroatoms. The largest absolute Gasteiger partial charge is 0.496 e. The van der Waals surface area contributed by atoms with Crippen molar-refractivity contribution in [1.82, 2.24) is 15.1 Å². The molecule has 2 aromatic carbocycles. The Morgan fingerprint density at radius 3 is 2.67 bits per heavy atom. The molecule has 1 aliphatic rings. The summed E-state index contributed by atoms with van der Waals surface area (Å²) in [5, 5.41) is 8.32. The number of carbonyl (C=O) groups is 1. The Morgan fingerprint density at radius 2 is 2.00 bits per heavy atom. The molecule has 0 bridgehead atoms. The number of benzene rings is 2. The van der Waals surface area contributed by atoms with Crippen LogP contribution in [0.5, 0.6) is 11.5 Å². The van der Waals surface area contributed by atoms with Crippen LogP contribution in [0.3, 0.4) is 0 Å². The average molecular weight is 483 g/mol. The summed E-state index contributed by atoms with van der Waals surface area (Å²) < 4.78 is 13.1. The summed E-state index contributed by atoms with van der Waals surface area (Å²) in [4.78, 5) is 14.5. The molecule has 1 amide bonds. The summed E-state index contributed by atoms with van der Waals surface area (Å²) in [7, 11) is 3.41. The minimum Gasteiger partial charge on any atom is -0.496 e. The highest BCUT2D eigenvalue weighted by molar-refractivity contribution is 7.80. The Labute approximate surface area is 202 Å². The molecular formula is C24H23ClN4O3S. The van der Waals surface area contributed by atoms with Crippen molar-refractivity contribution in [3.8, 4) is 11.5 Å². The molecule has 33 heavy (non-hydrogen) atoms. The molecule has 1 N–H and O–H groups in total. The van der Waals surface area contributed by atoms with Gasteiger partial charge in [-0.3, -0.25) is 9.48 Å². The second-order valence-corrected chi connectivity index (χ2v) is 8.47. The monoisotopic (exact) mass is 482 g/mol. The van der Waals surface area contributed by atoms with E-state index in [0.29, 0.717) is 39.6 Å². The molecule has 170 valence electrons. The molecule has 0 unspecified atom stereocenters. The van der Waals surface area contributed by atoms with E-state index in [1.807, 2.05) is 44.2 Å². The highest BCUT2D eigenvalue weighted by Crippen LogP contribution is 2.28. The van der Waals surface area contributed by atoms with Crippen LogP contribution in [0.25, 0.3) is 6.08 Å². The first-order valence-electron chi connectivity index (χ1n) is 10.2. The first-order chi connectivity index (χ1) is 15.8. The van der Waals surface area contributed by atoms with Gasteiger partial charge < -0.3 is 14.8 Å². The number of thiocarbonyl (C=S) groups is 1. The number of carbonyl (C=O) groups excluding carboxylic acids is 1. The zero-order chi connectivity index (χ0) is 23.7. The van der Waals surface area contributed by atoms with Gasteiger partial charge in [-0.25, -0.2) is 4.90 Å². The van der Waals surface area contributed by atoms with Crippen LogP contribution in [0.2, 0.25) is 5.02 Å². The van der Waals surface area contributed by atoms with Crippen LogP contribution in [-0.4, -0.2) is 27.9 Å². The van der Waals surface area contributed by atoms with Crippen LogP contribution >= 0.6 is 23.8 Å². The number of aryl methyl sites for hydroxylation is 3. The van der Waals surface area contributed by atoms with E-state index < -0.39 is 0 Å². The predicted octanol–water partition coefficient (Wildman–Crippen LogP) is 4.54. The maximum absolute atomic E-state index is 13.1. The number of nitrogens with zero attached hydrogens (tertiary/aromatic N) is 3. The highest BCUT2D eigenvalue weighted by Gasteiger charge is 2.33. The third kappa shape index (κ3) is 4.72. The molecule has 0 aliphatic carbocycles. The predicted molar refractivity (Wildman–Crippen MR) is 133 cm³/mol. The van der Waals surface area contributed by atoms with Gasteiger partial charge in [0.05, 0.1) is 18.5 Å². The van der Waals surface area contributed by atoms with Crippen molar-refractivity contribution in [2.24, 2.45) is 7.05 Å². The molecule has 0 atom stereocenters. The molecule has 1 saturated heterocycles. The van der Waals surface area contributed by atoms with E-state index in [1.165, 1.54) is 4.90 Å². The first-order valence-corrected chi connectivity index (χ1v) is 11.0. The van der Waals surface area contributed by atoms with Crippen LogP contribution in [-0.2, 0) is 18.4 Å². The van der Waals surface area contributed by atoms with Crippen molar-refractivity contribution in [3.63, 3.8) is 0 Å². The smallest absolute Gasteiger partial charge is 0.281 e. The summed E-state index contributed by atoms with van der Waals surface area (Å²) >= 11 is 11.5. The van der Waals surface area contributed by atoms with Crippen molar-refractivity contribution < 1.29 is 14.3 Å². The van der Waals surface area contributed by atoms with Gasteiger partial charge in [0.25, 0.3) is 5.91 Å². The van der Waals surface area contributed by atoms with Gasteiger partial charge in [0.15, 0.2) is 5.11 Å². The van der Waals surface area contributed by atoms with Crippen molar-refractivity contribution in [2.45, 2.75) is 20.5 Å².